The summed E-state index contributed by atoms with van der Waals surface area (Å²) in [5.41, 5.74) is 15.6. The Hall–Kier alpha value is -6.82. The molecule has 0 radical (unpaired) electrons. The smallest absolute Gasteiger partial charge is 0.329 e. The third-order valence-corrected chi connectivity index (χ3v) is 13.7. The normalized spacial score (nSPS) is 21.7. The van der Waals surface area contributed by atoms with E-state index in [9.17, 15) is 38.4 Å². The number of carbonyl (C=O) groups excluding carboxylic acids is 7. The number of aromatic nitrogens is 2. The zero-order chi connectivity index (χ0) is 46.6. The van der Waals surface area contributed by atoms with Crippen LogP contribution in [-0.4, -0.2) is 111 Å². The number of amides is 7. The van der Waals surface area contributed by atoms with E-state index in [4.69, 9.17) is 11.5 Å². The molecule has 66 heavy (non-hydrogen) atoms. The first-order chi connectivity index (χ1) is 31.8. The van der Waals surface area contributed by atoms with E-state index < -0.39 is 59.7 Å². The third kappa shape index (κ3) is 9.73. The van der Waals surface area contributed by atoms with Crippen LogP contribution in [0, 0.1) is 5.92 Å². The van der Waals surface area contributed by atoms with Crippen molar-refractivity contribution in [2.45, 2.75) is 100 Å². The predicted octanol–water partition coefficient (Wildman–Crippen LogP) is 1.50. The van der Waals surface area contributed by atoms with Crippen molar-refractivity contribution in [3.8, 4) is 0 Å². The van der Waals surface area contributed by atoms with Crippen molar-refractivity contribution in [3.63, 3.8) is 0 Å². The summed E-state index contributed by atoms with van der Waals surface area (Å²) in [6.07, 6.45) is 3.41. The van der Waals surface area contributed by atoms with Crippen LogP contribution in [0.15, 0.2) is 83.7 Å². The number of rotatable bonds is 15. The number of anilines is 1. The maximum Gasteiger partial charge on any atom is 0.329 e. The van der Waals surface area contributed by atoms with E-state index in [-0.39, 0.29) is 55.8 Å². The van der Waals surface area contributed by atoms with Gasteiger partial charge in [-0.2, -0.15) is 0 Å². The van der Waals surface area contributed by atoms with Crippen LogP contribution in [0.25, 0.3) is 11.0 Å². The number of aryl methyl sites for hydroxylation is 1. The Balaban J connectivity index is 0.831. The van der Waals surface area contributed by atoms with Crippen LogP contribution in [0.5, 0.6) is 0 Å². The molecule has 3 aromatic carbocycles. The van der Waals surface area contributed by atoms with Crippen molar-refractivity contribution in [1.82, 2.24) is 34.9 Å². The molecule has 4 fully saturated rings. The van der Waals surface area contributed by atoms with Crippen LogP contribution in [0.1, 0.15) is 87.4 Å². The average Bonchev–Trinajstić information content (AvgIpc) is 3.82. The highest BCUT2D eigenvalue weighted by molar-refractivity contribution is 6.00. The number of nitrogens with two attached hydrogens (primary N) is 2. The summed E-state index contributed by atoms with van der Waals surface area (Å²) in [6.45, 7) is 1.98. The summed E-state index contributed by atoms with van der Waals surface area (Å²) in [5, 5.41) is 8.23. The Morgan fingerprint density at radius 1 is 0.818 bits per heavy atom. The van der Waals surface area contributed by atoms with Crippen molar-refractivity contribution >= 4 is 58.1 Å². The Morgan fingerprint density at radius 3 is 2.18 bits per heavy atom. The number of benzene rings is 3. The molecule has 18 nitrogen and oxygen atoms in total. The third-order valence-electron chi connectivity index (χ3n) is 13.7. The van der Waals surface area contributed by atoms with Gasteiger partial charge in [0.25, 0.3) is 0 Å². The summed E-state index contributed by atoms with van der Waals surface area (Å²) in [6, 6.07) is 19.9. The Morgan fingerprint density at radius 2 is 1.52 bits per heavy atom. The lowest BCUT2D eigenvalue weighted by molar-refractivity contribution is -0.145. The molecule has 18 heteroatoms. The SMILES string of the molecule is Cn1c(=O)n(C2CCC(=O)NC2=O)c2ccc(N3CC(CCCC(=O)N4CC[C@H]5CC[C@@H](C(=O)N[C@@H](CCC(N)=O)C(=O)NC(c6ccccc6)c6ccccc6)N5C(=O)[C@@H](N)C4)C3)cc21. The topological polar surface area (TPSA) is 244 Å². The molecule has 5 heterocycles. The maximum atomic E-state index is 14.0. The van der Waals surface area contributed by atoms with E-state index in [1.165, 1.54) is 14.0 Å². The number of nitrogens with zero attached hydrogens (tertiary/aromatic N) is 5. The molecule has 5 atom stereocenters. The fourth-order valence-corrected chi connectivity index (χ4v) is 10.0. The van der Waals surface area contributed by atoms with Crippen molar-refractivity contribution in [2.24, 2.45) is 24.4 Å². The Bertz CT molecular complexity index is 2520. The second-order valence-electron chi connectivity index (χ2n) is 18.1. The molecule has 1 aromatic heterocycles. The Kier molecular flexibility index (Phi) is 13.7. The summed E-state index contributed by atoms with van der Waals surface area (Å²) in [5.74, 6) is -2.58. The monoisotopic (exact) mass is 902 g/mol. The van der Waals surface area contributed by atoms with E-state index in [1.807, 2.05) is 78.9 Å². The molecule has 0 bridgehead atoms. The first-order valence-electron chi connectivity index (χ1n) is 22.9. The molecule has 8 rings (SSSR count). The molecule has 4 aromatic rings. The van der Waals surface area contributed by atoms with Crippen molar-refractivity contribution in [2.75, 3.05) is 31.1 Å². The van der Waals surface area contributed by atoms with Crippen LogP contribution in [-0.2, 0) is 40.6 Å². The number of imide groups is 1. The van der Waals surface area contributed by atoms with Crippen LogP contribution < -0.4 is 38.0 Å². The molecule has 0 saturated carbocycles. The van der Waals surface area contributed by atoms with Gasteiger partial charge in [-0.05, 0) is 80.2 Å². The first kappa shape index (κ1) is 45.7. The lowest BCUT2D eigenvalue weighted by atomic mass is 9.93. The number of hydrogen-bond donors (Lipinski definition) is 5. The van der Waals surface area contributed by atoms with Crippen LogP contribution in [0.2, 0.25) is 0 Å². The second kappa shape index (κ2) is 19.7. The van der Waals surface area contributed by atoms with Gasteiger partial charge in [0.15, 0.2) is 0 Å². The molecule has 348 valence electrons. The summed E-state index contributed by atoms with van der Waals surface area (Å²) < 4.78 is 2.99. The highest BCUT2D eigenvalue weighted by atomic mass is 16.2. The summed E-state index contributed by atoms with van der Waals surface area (Å²) >= 11 is 0. The zero-order valence-corrected chi connectivity index (χ0v) is 37.1. The van der Waals surface area contributed by atoms with E-state index in [0.29, 0.717) is 55.6 Å². The minimum atomic E-state index is -1.11. The van der Waals surface area contributed by atoms with E-state index in [0.717, 1.165) is 36.3 Å². The molecule has 4 saturated heterocycles. The van der Waals surface area contributed by atoms with Gasteiger partial charge >= 0.3 is 5.69 Å². The van der Waals surface area contributed by atoms with Gasteiger partial charge in [0, 0.05) is 64.2 Å². The number of imidazole rings is 1. The minimum absolute atomic E-state index is 0.0205. The average molecular weight is 903 g/mol. The molecule has 4 aliphatic heterocycles. The van der Waals surface area contributed by atoms with Crippen molar-refractivity contribution < 1.29 is 33.6 Å². The number of piperidine rings is 1. The molecule has 4 aliphatic rings. The van der Waals surface area contributed by atoms with Gasteiger partial charge in [0.2, 0.25) is 41.4 Å². The van der Waals surface area contributed by atoms with E-state index in [2.05, 4.69) is 20.9 Å². The molecular formula is C48H58N10O8. The number of carbonyl (C=O) groups is 7. The quantitative estimate of drug-likeness (QED) is 0.108. The number of hydrogen-bond acceptors (Lipinski definition) is 10. The minimum Gasteiger partial charge on any atom is -0.371 e. The van der Waals surface area contributed by atoms with Gasteiger partial charge in [0.1, 0.15) is 24.2 Å². The summed E-state index contributed by atoms with van der Waals surface area (Å²) in [7, 11) is 1.67. The van der Waals surface area contributed by atoms with Gasteiger partial charge in [-0.1, -0.05) is 60.7 Å². The van der Waals surface area contributed by atoms with Gasteiger partial charge in [-0.3, -0.25) is 48.0 Å². The van der Waals surface area contributed by atoms with Gasteiger partial charge < -0.3 is 36.8 Å². The van der Waals surface area contributed by atoms with Crippen molar-refractivity contribution in [1.29, 1.82) is 0 Å². The largest absolute Gasteiger partial charge is 0.371 e. The zero-order valence-electron chi connectivity index (χ0n) is 37.1. The highest BCUT2D eigenvalue weighted by Gasteiger charge is 2.45. The molecule has 7 amide bonds. The molecule has 0 spiro atoms. The lowest BCUT2D eigenvalue weighted by Gasteiger charge is -2.41. The highest BCUT2D eigenvalue weighted by Crippen LogP contribution is 2.33. The van der Waals surface area contributed by atoms with E-state index in [1.54, 1.807) is 11.9 Å². The van der Waals surface area contributed by atoms with Crippen LogP contribution in [0.3, 0.4) is 0 Å². The van der Waals surface area contributed by atoms with Crippen molar-refractivity contribution in [3.05, 3.63) is 100 Å². The first-order valence-corrected chi connectivity index (χ1v) is 22.9. The number of nitrogens with one attached hydrogen (secondary N) is 3. The van der Waals surface area contributed by atoms with Crippen LogP contribution >= 0.6 is 0 Å². The Labute approximate surface area is 382 Å². The number of fused-ring (bicyclic) bond motifs is 2. The fraction of sp³-hybridized carbons (Fsp3) is 0.458. The standard InChI is InChI=1S/C48H58N10O8/c1-54-39-25-33(16-18-36(39)58(48(54)66)38-20-22-41(60)52-46(38)64)56-26-29(27-56)9-8-14-42(61)55-24-23-32-15-19-37(57(32)47(65)34(49)28-55)45(63)51-35(17-21-40(50)59)44(62)53-43(30-10-4-2-5-11-30)31-12-6-3-7-13-31/h2-7,10-13,16,18,25,29,32,34-35,37-38,43H,8-9,14-15,17,19-24,26-28,49H2,1H3,(H2,50,59)(H,51,63)(H,53,62)(H,52,60,64)/t32-,34+,35+,37+,38?/m1/s1. The maximum absolute atomic E-state index is 14.0. The predicted molar refractivity (Wildman–Crippen MR) is 244 cm³/mol. The van der Waals surface area contributed by atoms with Gasteiger partial charge in [0.05, 0.1) is 17.1 Å². The fourth-order valence-electron chi connectivity index (χ4n) is 10.0. The number of primary amides is 1. The molecule has 0 aliphatic carbocycles. The summed E-state index contributed by atoms with van der Waals surface area (Å²) in [4.78, 5) is 110. The van der Waals surface area contributed by atoms with E-state index >= 15 is 0 Å². The molecule has 1 unspecified atom stereocenters. The second-order valence-corrected chi connectivity index (χ2v) is 18.1. The molecule has 7 N–H and O–H groups in total. The van der Waals surface area contributed by atoms with Crippen LogP contribution in [0.4, 0.5) is 5.69 Å². The lowest BCUT2D eigenvalue weighted by Crippen LogP contribution is -2.60. The van der Waals surface area contributed by atoms with Gasteiger partial charge in [-0.15, -0.1) is 0 Å². The van der Waals surface area contributed by atoms with Gasteiger partial charge in [-0.25, -0.2) is 4.79 Å². The molecular weight excluding hydrogens is 845 g/mol.